The molecule has 1 amide bonds. The molecule has 1 aromatic carbocycles. The molecule has 0 saturated heterocycles. The van der Waals surface area contributed by atoms with Gasteiger partial charge in [0, 0.05) is 30.5 Å². The van der Waals surface area contributed by atoms with Gasteiger partial charge in [-0.25, -0.2) is 4.98 Å². The monoisotopic (exact) mass is 367 g/mol. The van der Waals surface area contributed by atoms with Gasteiger partial charge in [0.1, 0.15) is 0 Å². The van der Waals surface area contributed by atoms with E-state index in [2.05, 4.69) is 15.3 Å². The van der Waals surface area contributed by atoms with Crippen LogP contribution in [0.2, 0.25) is 0 Å². The highest BCUT2D eigenvalue weighted by atomic mass is 16.2. The zero-order valence-electron chi connectivity index (χ0n) is 15.0. The van der Waals surface area contributed by atoms with Crippen LogP contribution in [0.15, 0.2) is 46.5 Å². The van der Waals surface area contributed by atoms with Crippen LogP contribution in [0.3, 0.4) is 0 Å². The van der Waals surface area contributed by atoms with Gasteiger partial charge in [0.2, 0.25) is 0 Å². The molecule has 8 nitrogen and oxygen atoms in total. The second-order valence-electron chi connectivity index (χ2n) is 6.82. The maximum atomic E-state index is 12.8. The normalized spacial score (nSPS) is 19.4. The third-order valence-electron chi connectivity index (χ3n) is 5.26. The molecule has 2 N–H and O–H groups in total. The lowest BCUT2D eigenvalue weighted by Gasteiger charge is -2.22. The Bertz CT molecular complexity index is 1100. The van der Waals surface area contributed by atoms with Crippen molar-refractivity contribution in [2.24, 2.45) is 0 Å². The summed E-state index contributed by atoms with van der Waals surface area (Å²) < 4.78 is 3.44. The van der Waals surface area contributed by atoms with E-state index >= 15 is 0 Å². The summed E-state index contributed by atoms with van der Waals surface area (Å²) in [4.78, 5) is 43.2. The Hall–Kier alpha value is -3.16. The molecular formula is C19H21N5O3. The predicted octanol–water partition coefficient (Wildman–Crippen LogP) is 1.43. The van der Waals surface area contributed by atoms with E-state index in [1.807, 2.05) is 10.8 Å². The number of aromatic amines is 1. The molecule has 2 aromatic heterocycles. The molecule has 0 bridgehead atoms. The van der Waals surface area contributed by atoms with Crippen LogP contribution in [-0.2, 0) is 6.54 Å². The molecule has 27 heavy (non-hydrogen) atoms. The summed E-state index contributed by atoms with van der Waals surface area (Å²) in [5.41, 5.74) is 0.271. The van der Waals surface area contributed by atoms with Crippen LogP contribution in [0, 0.1) is 0 Å². The van der Waals surface area contributed by atoms with Crippen LogP contribution in [0.1, 0.15) is 42.6 Å². The maximum absolute atomic E-state index is 12.8. The van der Waals surface area contributed by atoms with Crippen molar-refractivity contribution in [1.82, 2.24) is 24.4 Å². The number of carbonyl (C=O) groups excluding carboxylic acids is 1. The average Bonchev–Trinajstić information content (AvgIpc) is 3.33. The van der Waals surface area contributed by atoms with Gasteiger partial charge in [-0.15, -0.1) is 0 Å². The Morgan fingerprint density at radius 3 is 2.93 bits per heavy atom. The molecule has 1 saturated carbocycles. The van der Waals surface area contributed by atoms with Crippen LogP contribution < -0.4 is 16.4 Å². The van der Waals surface area contributed by atoms with Crippen molar-refractivity contribution < 1.29 is 4.79 Å². The van der Waals surface area contributed by atoms with Crippen molar-refractivity contribution >= 4 is 16.9 Å². The van der Waals surface area contributed by atoms with E-state index < -0.39 is 11.1 Å². The van der Waals surface area contributed by atoms with Gasteiger partial charge < -0.3 is 19.4 Å². The number of benzene rings is 1. The van der Waals surface area contributed by atoms with Crippen molar-refractivity contribution in [3.05, 3.63) is 63.2 Å². The second kappa shape index (κ2) is 6.86. The van der Waals surface area contributed by atoms with Crippen molar-refractivity contribution in [1.29, 1.82) is 0 Å². The lowest BCUT2D eigenvalue weighted by atomic mass is 10.1. The van der Waals surface area contributed by atoms with Gasteiger partial charge >= 0.3 is 11.1 Å². The number of nitrogens with zero attached hydrogens (tertiary/aromatic N) is 3. The Morgan fingerprint density at radius 2 is 2.19 bits per heavy atom. The van der Waals surface area contributed by atoms with Gasteiger partial charge in [-0.05, 0) is 44.4 Å². The summed E-state index contributed by atoms with van der Waals surface area (Å²) in [6, 6.07) is 5.24. The van der Waals surface area contributed by atoms with E-state index in [9.17, 15) is 14.4 Å². The predicted molar refractivity (Wildman–Crippen MR) is 101 cm³/mol. The number of nitrogens with one attached hydrogen (secondary N) is 2. The van der Waals surface area contributed by atoms with Crippen LogP contribution >= 0.6 is 0 Å². The molecule has 1 fully saturated rings. The molecule has 0 aliphatic heterocycles. The van der Waals surface area contributed by atoms with Crippen LogP contribution in [-0.4, -0.2) is 31.1 Å². The number of rotatable bonds is 4. The fraction of sp³-hybridized carbons (Fsp3) is 0.368. The minimum atomic E-state index is -0.683. The Balaban J connectivity index is 1.62. The number of H-pyrrole nitrogens is 1. The molecule has 8 heteroatoms. The smallest absolute Gasteiger partial charge is 0.316 e. The molecule has 4 rings (SSSR count). The highest BCUT2D eigenvalue weighted by Crippen LogP contribution is 2.30. The van der Waals surface area contributed by atoms with E-state index in [0.717, 1.165) is 19.3 Å². The third kappa shape index (κ3) is 3.07. The zero-order valence-corrected chi connectivity index (χ0v) is 15.0. The number of imidazole rings is 1. The summed E-state index contributed by atoms with van der Waals surface area (Å²) in [5.74, 6) is -0.191. The number of fused-ring (bicyclic) bond motifs is 1. The first-order valence-electron chi connectivity index (χ1n) is 9.13. The van der Waals surface area contributed by atoms with E-state index in [0.29, 0.717) is 23.1 Å². The van der Waals surface area contributed by atoms with Crippen molar-refractivity contribution in [2.45, 2.75) is 44.8 Å². The summed E-state index contributed by atoms with van der Waals surface area (Å²) in [6.45, 7) is 2.19. The molecule has 2 heterocycles. The van der Waals surface area contributed by atoms with Gasteiger partial charge in [0.25, 0.3) is 5.91 Å². The fourth-order valence-electron chi connectivity index (χ4n) is 3.92. The number of aryl methyl sites for hydroxylation is 1. The third-order valence-corrected chi connectivity index (χ3v) is 5.26. The van der Waals surface area contributed by atoms with Crippen molar-refractivity contribution in [3.63, 3.8) is 0 Å². The minimum Gasteiger partial charge on any atom is -0.347 e. The molecule has 1 aliphatic carbocycles. The fourth-order valence-corrected chi connectivity index (χ4v) is 3.92. The summed E-state index contributed by atoms with van der Waals surface area (Å²) in [5, 5.41) is 3.10. The molecule has 2 unspecified atom stereocenters. The standard InChI is InChI=1S/C19H21N5O3/c1-2-24-16-7-6-12(10-14(16)22-18(26)19(24)27)17(25)21-13-4-3-5-15(13)23-9-8-20-11-23/h6-11,13,15H,2-5H2,1H3,(H,21,25)(H,22,26). The summed E-state index contributed by atoms with van der Waals surface area (Å²) >= 11 is 0. The quantitative estimate of drug-likeness (QED) is 0.681. The average molecular weight is 367 g/mol. The van der Waals surface area contributed by atoms with Crippen LogP contribution in [0.5, 0.6) is 0 Å². The van der Waals surface area contributed by atoms with E-state index in [1.54, 1.807) is 37.6 Å². The Morgan fingerprint density at radius 1 is 1.33 bits per heavy atom. The molecule has 3 aromatic rings. The Labute approximate surface area is 154 Å². The number of amides is 1. The highest BCUT2D eigenvalue weighted by molar-refractivity contribution is 5.97. The molecule has 0 spiro atoms. The summed E-state index contributed by atoms with van der Waals surface area (Å²) in [6.07, 6.45) is 8.38. The van der Waals surface area contributed by atoms with E-state index in [1.165, 1.54) is 4.57 Å². The van der Waals surface area contributed by atoms with Gasteiger partial charge in [0.05, 0.1) is 23.4 Å². The van der Waals surface area contributed by atoms with Gasteiger partial charge in [-0.2, -0.15) is 0 Å². The topological polar surface area (TPSA) is 102 Å². The number of aromatic nitrogens is 4. The van der Waals surface area contributed by atoms with Crippen molar-refractivity contribution in [2.75, 3.05) is 0 Å². The number of hydrogen-bond donors (Lipinski definition) is 2. The molecule has 140 valence electrons. The second-order valence-corrected chi connectivity index (χ2v) is 6.82. The first-order valence-corrected chi connectivity index (χ1v) is 9.13. The minimum absolute atomic E-state index is 0.0334. The lowest BCUT2D eigenvalue weighted by Crippen LogP contribution is -2.38. The highest BCUT2D eigenvalue weighted by Gasteiger charge is 2.30. The van der Waals surface area contributed by atoms with Crippen LogP contribution in [0.25, 0.3) is 11.0 Å². The van der Waals surface area contributed by atoms with Crippen molar-refractivity contribution in [3.8, 4) is 0 Å². The molecule has 1 aliphatic rings. The summed E-state index contributed by atoms with van der Waals surface area (Å²) in [7, 11) is 0. The number of carbonyl (C=O) groups is 1. The SMILES string of the molecule is CCn1c(=O)c(=O)[nH]c2cc(C(=O)NC3CCCC3n3ccnc3)ccc21. The first-order chi connectivity index (χ1) is 13.1. The van der Waals surface area contributed by atoms with Gasteiger partial charge in [0.15, 0.2) is 0 Å². The lowest BCUT2D eigenvalue weighted by molar-refractivity contribution is 0.0929. The first kappa shape index (κ1) is 17.3. The maximum Gasteiger partial charge on any atom is 0.316 e. The van der Waals surface area contributed by atoms with Gasteiger partial charge in [-0.1, -0.05) is 0 Å². The molecule has 2 atom stereocenters. The molecular weight excluding hydrogens is 346 g/mol. The Kier molecular flexibility index (Phi) is 4.39. The number of hydrogen-bond acceptors (Lipinski definition) is 4. The van der Waals surface area contributed by atoms with Crippen LogP contribution in [0.4, 0.5) is 0 Å². The van der Waals surface area contributed by atoms with Gasteiger partial charge in [-0.3, -0.25) is 14.4 Å². The molecule has 0 radical (unpaired) electrons. The van der Waals surface area contributed by atoms with E-state index in [-0.39, 0.29) is 18.0 Å². The van der Waals surface area contributed by atoms with E-state index in [4.69, 9.17) is 0 Å². The largest absolute Gasteiger partial charge is 0.347 e. The zero-order chi connectivity index (χ0) is 19.0.